The summed E-state index contributed by atoms with van der Waals surface area (Å²) < 4.78 is 12.6. The summed E-state index contributed by atoms with van der Waals surface area (Å²) in [5.41, 5.74) is 4.05. The van der Waals surface area contributed by atoms with E-state index in [0.717, 1.165) is 33.2 Å². The number of likely N-dealkylation sites (N-methyl/N-ethyl adjacent to an activating group) is 1. The number of nitrogens with zero attached hydrogens (tertiary/aromatic N) is 3. The van der Waals surface area contributed by atoms with E-state index in [2.05, 4.69) is 13.2 Å². The number of nitrogens with one attached hydrogen (secondary N) is 1. The fourth-order valence-electron chi connectivity index (χ4n) is 3.81. The summed E-state index contributed by atoms with van der Waals surface area (Å²) >= 11 is 0. The fraction of sp³-hybridized carbons (Fsp3) is 0.333. The highest BCUT2D eigenvalue weighted by atomic mass is 16.5. The van der Waals surface area contributed by atoms with Crippen molar-refractivity contribution in [2.75, 3.05) is 47.0 Å². The summed E-state index contributed by atoms with van der Waals surface area (Å²) in [4.78, 5) is 15.7. The Hall–Kier alpha value is -3.16. The number of hydrogen-bond acceptors (Lipinski definition) is 4. The highest BCUT2D eigenvalue weighted by Gasteiger charge is 2.22. The maximum atomic E-state index is 12.7. The van der Waals surface area contributed by atoms with Crippen LogP contribution in [0.4, 0.5) is 0 Å². The lowest BCUT2D eigenvalue weighted by Crippen LogP contribution is -3.09. The van der Waals surface area contributed by atoms with Gasteiger partial charge >= 0.3 is 0 Å². The number of morpholine rings is 1. The first-order valence-electron chi connectivity index (χ1n) is 10.6. The zero-order valence-electron chi connectivity index (χ0n) is 18.1. The summed E-state index contributed by atoms with van der Waals surface area (Å²) in [6.07, 6.45) is 2.07. The number of amides is 1. The zero-order chi connectivity index (χ0) is 21.6. The van der Waals surface area contributed by atoms with E-state index in [9.17, 15) is 4.79 Å². The number of hydrogen-bond donors (Lipinski definition) is 1. The Kier molecular flexibility index (Phi) is 6.64. The van der Waals surface area contributed by atoms with Crippen molar-refractivity contribution in [2.24, 2.45) is 0 Å². The maximum absolute atomic E-state index is 12.7. The predicted molar refractivity (Wildman–Crippen MR) is 118 cm³/mol. The number of ether oxygens (including phenoxy) is 2. The molecule has 1 fully saturated rings. The van der Waals surface area contributed by atoms with Gasteiger partial charge in [-0.15, -0.1) is 0 Å². The van der Waals surface area contributed by atoms with E-state index in [1.54, 1.807) is 7.11 Å². The molecular formula is C24H29N4O3+. The standard InChI is InChI=1S/C24H28N4O3/c1-26(18-23(29)27-12-14-31-15-13-27)16-20-17-28(21-6-4-3-5-7-21)25-24(20)19-8-10-22(30-2)11-9-19/h3-11,17H,12-16,18H2,1-2H3/p+1. The lowest BCUT2D eigenvalue weighted by Gasteiger charge is -2.27. The number of quaternary nitrogens is 1. The van der Waals surface area contributed by atoms with E-state index in [4.69, 9.17) is 14.6 Å². The van der Waals surface area contributed by atoms with Crippen molar-refractivity contribution in [3.8, 4) is 22.7 Å². The molecule has 4 rings (SSSR count). The van der Waals surface area contributed by atoms with Gasteiger partial charge in [-0.2, -0.15) is 5.10 Å². The third-order valence-corrected chi connectivity index (χ3v) is 5.48. The lowest BCUT2D eigenvalue weighted by molar-refractivity contribution is -0.885. The Morgan fingerprint density at radius 2 is 1.81 bits per heavy atom. The second kappa shape index (κ2) is 9.76. The molecule has 2 aromatic carbocycles. The topological polar surface area (TPSA) is 61.0 Å². The molecule has 162 valence electrons. The van der Waals surface area contributed by atoms with E-state index in [1.165, 1.54) is 0 Å². The highest BCUT2D eigenvalue weighted by Crippen LogP contribution is 2.25. The third-order valence-electron chi connectivity index (χ3n) is 5.48. The van der Waals surface area contributed by atoms with Gasteiger partial charge in [0.05, 0.1) is 38.6 Å². The van der Waals surface area contributed by atoms with E-state index >= 15 is 0 Å². The number of carbonyl (C=O) groups is 1. The zero-order valence-corrected chi connectivity index (χ0v) is 18.1. The molecule has 31 heavy (non-hydrogen) atoms. The van der Waals surface area contributed by atoms with Gasteiger partial charge in [-0.05, 0) is 36.4 Å². The number of benzene rings is 2. The summed E-state index contributed by atoms with van der Waals surface area (Å²) in [6.45, 7) is 3.74. The minimum Gasteiger partial charge on any atom is -0.497 e. The quantitative estimate of drug-likeness (QED) is 0.627. The smallest absolute Gasteiger partial charge is 0.277 e. The molecule has 0 bridgehead atoms. The van der Waals surface area contributed by atoms with Crippen molar-refractivity contribution in [3.05, 3.63) is 66.4 Å². The molecule has 1 unspecified atom stereocenters. The normalized spacial score (nSPS) is 15.0. The van der Waals surface area contributed by atoms with Crippen LogP contribution in [-0.4, -0.2) is 67.6 Å². The van der Waals surface area contributed by atoms with Crippen LogP contribution in [0.3, 0.4) is 0 Å². The molecule has 2 heterocycles. The second-order valence-corrected chi connectivity index (χ2v) is 7.82. The van der Waals surface area contributed by atoms with Gasteiger partial charge in [0.25, 0.3) is 5.91 Å². The van der Waals surface area contributed by atoms with Crippen molar-refractivity contribution < 1.29 is 19.2 Å². The molecule has 7 heteroatoms. The number of rotatable bonds is 7. The first-order chi connectivity index (χ1) is 15.1. The molecule has 1 saturated heterocycles. The monoisotopic (exact) mass is 421 g/mol. The van der Waals surface area contributed by atoms with Gasteiger partial charge in [0.15, 0.2) is 6.54 Å². The molecule has 1 aliphatic rings. The van der Waals surface area contributed by atoms with Gasteiger partial charge in [-0.25, -0.2) is 4.68 Å². The molecule has 0 aliphatic carbocycles. The van der Waals surface area contributed by atoms with Gasteiger partial charge in [0.2, 0.25) is 0 Å². The molecule has 0 radical (unpaired) electrons. The molecule has 1 N–H and O–H groups in total. The minimum absolute atomic E-state index is 0.169. The van der Waals surface area contributed by atoms with Crippen LogP contribution in [0.15, 0.2) is 60.8 Å². The fourth-order valence-corrected chi connectivity index (χ4v) is 3.81. The van der Waals surface area contributed by atoms with Crippen LogP contribution >= 0.6 is 0 Å². The molecule has 3 aromatic rings. The third kappa shape index (κ3) is 5.13. The number of methoxy groups -OCH3 is 1. The van der Waals surface area contributed by atoms with Gasteiger partial charge in [-0.3, -0.25) is 4.79 Å². The largest absolute Gasteiger partial charge is 0.497 e. The first kappa shape index (κ1) is 21.1. The van der Waals surface area contributed by atoms with Gasteiger partial charge < -0.3 is 19.3 Å². The van der Waals surface area contributed by atoms with E-state index < -0.39 is 0 Å². The summed E-state index contributed by atoms with van der Waals surface area (Å²) in [6, 6.07) is 18.0. The molecule has 0 spiro atoms. The minimum atomic E-state index is 0.169. The second-order valence-electron chi connectivity index (χ2n) is 7.82. The Morgan fingerprint density at radius 1 is 1.10 bits per heavy atom. The molecule has 1 aliphatic heterocycles. The predicted octanol–water partition coefficient (Wildman–Crippen LogP) is 1.42. The number of carbonyl (C=O) groups excluding carboxylic acids is 1. The lowest BCUT2D eigenvalue weighted by atomic mass is 10.1. The van der Waals surface area contributed by atoms with Crippen molar-refractivity contribution in [2.45, 2.75) is 6.54 Å². The average molecular weight is 422 g/mol. The Labute approximate surface area is 182 Å². The number of para-hydroxylation sites is 1. The molecule has 1 aromatic heterocycles. The van der Waals surface area contributed by atoms with Crippen molar-refractivity contribution in [1.82, 2.24) is 14.7 Å². The first-order valence-corrected chi connectivity index (χ1v) is 10.6. The SMILES string of the molecule is COc1ccc(-c2nn(-c3ccccc3)cc2C[NH+](C)CC(=O)N2CCOCC2)cc1. The van der Waals surface area contributed by atoms with Crippen molar-refractivity contribution in [1.29, 1.82) is 0 Å². The van der Waals surface area contributed by atoms with Crippen LogP contribution in [0.1, 0.15) is 5.56 Å². The summed E-state index contributed by atoms with van der Waals surface area (Å²) in [5.74, 6) is 0.980. The molecule has 1 amide bonds. The van der Waals surface area contributed by atoms with Crippen LogP contribution in [0.25, 0.3) is 16.9 Å². The molecular weight excluding hydrogens is 392 g/mol. The van der Waals surface area contributed by atoms with Gasteiger partial charge in [0, 0.05) is 24.8 Å². The van der Waals surface area contributed by atoms with Crippen LogP contribution < -0.4 is 9.64 Å². The molecule has 1 atom stereocenters. The van der Waals surface area contributed by atoms with Gasteiger partial charge in [0.1, 0.15) is 18.0 Å². The van der Waals surface area contributed by atoms with E-state index in [0.29, 0.717) is 39.4 Å². The summed E-state index contributed by atoms with van der Waals surface area (Å²) in [7, 11) is 3.71. The van der Waals surface area contributed by atoms with Crippen LogP contribution in [-0.2, 0) is 16.1 Å². The van der Waals surface area contributed by atoms with Crippen LogP contribution in [0.5, 0.6) is 5.75 Å². The van der Waals surface area contributed by atoms with E-state index in [-0.39, 0.29) is 5.91 Å². The van der Waals surface area contributed by atoms with E-state index in [1.807, 2.05) is 64.2 Å². The van der Waals surface area contributed by atoms with Crippen molar-refractivity contribution in [3.63, 3.8) is 0 Å². The maximum Gasteiger partial charge on any atom is 0.277 e. The Morgan fingerprint density at radius 3 is 2.48 bits per heavy atom. The Balaban J connectivity index is 1.57. The highest BCUT2D eigenvalue weighted by molar-refractivity contribution is 5.77. The molecule has 0 saturated carbocycles. The van der Waals surface area contributed by atoms with Crippen LogP contribution in [0, 0.1) is 0 Å². The molecule has 7 nitrogen and oxygen atoms in total. The van der Waals surface area contributed by atoms with Crippen molar-refractivity contribution >= 4 is 5.91 Å². The summed E-state index contributed by atoms with van der Waals surface area (Å²) in [5, 5.41) is 4.88. The van der Waals surface area contributed by atoms with Crippen LogP contribution in [0.2, 0.25) is 0 Å². The van der Waals surface area contributed by atoms with Gasteiger partial charge in [-0.1, -0.05) is 18.2 Å². The Bertz CT molecular complexity index is 995. The average Bonchev–Trinajstić information content (AvgIpc) is 3.23. The number of aromatic nitrogens is 2.